The lowest BCUT2D eigenvalue weighted by molar-refractivity contribution is 0.167. The first-order valence-electron chi connectivity index (χ1n) is 8.87. The first-order valence-corrected chi connectivity index (χ1v) is 8.87. The van der Waals surface area contributed by atoms with E-state index < -0.39 is 0 Å². The van der Waals surface area contributed by atoms with Crippen molar-refractivity contribution in [3.8, 4) is 5.69 Å². The van der Waals surface area contributed by atoms with Crippen molar-refractivity contribution in [3.63, 3.8) is 0 Å². The van der Waals surface area contributed by atoms with Crippen molar-refractivity contribution in [1.29, 1.82) is 0 Å². The molecule has 0 unspecified atom stereocenters. The summed E-state index contributed by atoms with van der Waals surface area (Å²) in [6.45, 7) is 5.20. The van der Waals surface area contributed by atoms with Gasteiger partial charge in [-0.3, -0.25) is 9.80 Å². The summed E-state index contributed by atoms with van der Waals surface area (Å²) in [4.78, 5) is 7.15. The third-order valence-corrected chi connectivity index (χ3v) is 4.72. The number of benzene rings is 2. The topological polar surface area (TPSA) is 27.5 Å². The molecule has 0 radical (unpaired) electrons. The third-order valence-electron chi connectivity index (χ3n) is 4.72. The molecule has 3 aromatic rings. The Labute approximate surface area is 149 Å². The number of hydrogen-bond acceptors (Lipinski definition) is 4. The molecule has 0 atom stereocenters. The minimum absolute atomic E-state index is 1.02. The lowest BCUT2D eigenvalue weighted by atomic mass is 10.2. The molecule has 25 heavy (non-hydrogen) atoms. The Morgan fingerprint density at radius 1 is 0.880 bits per heavy atom. The molecule has 1 saturated heterocycles. The van der Waals surface area contributed by atoms with Crippen LogP contribution in [0.2, 0.25) is 0 Å². The van der Waals surface area contributed by atoms with E-state index in [-0.39, 0.29) is 0 Å². The Morgan fingerprint density at radius 3 is 2.28 bits per heavy atom. The molecule has 0 aliphatic carbocycles. The molecule has 0 spiro atoms. The lowest BCUT2D eigenvalue weighted by Gasteiger charge is -2.36. The van der Waals surface area contributed by atoms with Gasteiger partial charge in [-0.2, -0.15) is 0 Å². The van der Waals surface area contributed by atoms with Crippen molar-refractivity contribution < 1.29 is 0 Å². The molecule has 0 amide bonds. The van der Waals surface area contributed by atoms with Crippen LogP contribution in [0.25, 0.3) is 16.6 Å². The van der Waals surface area contributed by atoms with Crippen LogP contribution < -0.4 is 4.90 Å². The molecule has 2 heterocycles. The van der Waals surface area contributed by atoms with Crippen LogP contribution in [0.5, 0.6) is 0 Å². The monoisotopic (exact) mass is 335 g/mol. The highest BCUT2D eigenvalue weighted by Crippen LogP contribution is 2.29. The van der Waals surface area contributed by atoms with E-state index in [0.29, 0.717) is 0 Å². The van der Waals surface area contributed by atoms with Gasteiger partial charge in [-0.15, -0.1) is 5.10 Å². The summed E-state index contributed by atoms with van der Waals surface area (Å²) in [5.41, 5.74) is 2.27. The standard InChI is InChI=1S/C20H25N5/c1-22(2)16-23-12-14-24(15-13-23)20-18-10-6-7-11-19(18)25(21-20)17-8-4-3-5-9-17/h3-11H,12-16H2,1-2H3. The molecule has 1 aliphatic heterocycles. The summed E-state index contributed by atoms with van der Waals surface area (Å²) in [6.07, 6.45) is 0. The molecule has 130 valence electrons. The second kappa shape index (κ2) is 6.86. The van der Waals surface area contributed by atoms with E-state index >= 15 is 0 Å². The molecule has 1 fully saturated rings. The number of piperazine rings is 1. The Balaban J connectivity index is 1.65. The van der Waals surface area contributed by atoms with Gasteiger partial charge in [-0.25, -0.2) is 4.68 Å². The molecule has 2 aromatic carbocycles. The van der Waals surface area contributed by atoms with E-state index in [2.05, 4.69) is 82.0 Å². The first-order chi connectivity index (χ1) is 12.2. The van der Waals surface area contributed by atoms with Gasteiger partial charge in [0, 0.05) is 31.6 Å². The SMILES string of the molecule is CN(C)CN1CCN(c2nn(-c3ccccc3)c3ccccc23)CC1. The zero-order valence-corrected chi connectivity index (χ0v) is 15.0. The Hall–Kier alpha value is -2.37. The highest BCUT2D eigenvalue weighted by atomic mass is 15.4. The first kappa shape index (κ1) is 16.1. The summed E-state index contributed by atoms with van der Waals surface area (Å²) in [5.74, 6) is 1.10. The van der Waals surface area contributed by atoms with Crippen molar-refractivity contribution in [2.24, 2.45) is 0 Å². The Morgan fingerprint density at radius 2 is 1.56 bits per heavy atom. The van der Waals surface area contributed by atoms with Gasteiger partial charge < -0.3 is 4.90 Å². The highest BCUT2D eigenvalue weighted by Gasteiger charge is 2.22. The van der Waals surface area contributed by atoms with Gasteiger partial charge in [-0.1, -0.05) is 30.3 Å². The second-order valence-corrected chi connectivity index (χ2v) is 6.91. The summed E-state index contributed by atoms with van der Waals surface area (Å²) in [7, 11) is 4.25. The van der Waals surface area contributed by atoms with E-state index in [4.69, 9.17) is 5.10 Å². The fraction of sp³-hybridized carbons (Fsp3) is 0.350. The van der Waals surface area contributed by atoms with E-state index in [1.807, 2.05) is 6.07 Å². The molecule has 0 N–H and O–H groups in total. The molecule has 5 nitrogen and oxygen atoms in total. The van der Waals surface area contributed by atoms with Crippen LogP contribution in [0.15, 0.2) is 54.6 Å². The average Bonchev–Trinajstić information content (AvgIpc) is 3.02. The van der Waals surface area contributed by atoms with E-state index in [0.717, 1.165) is 44.4 Å². The normalized spacial score (nSPS) is 16.0. The number of rotatable bonds is 4. The van der Waals surface area contributed by atoms with E-state index in [1.165, 1.54) is 10.9 Å². The minimum atomic E-state index is 1.02. The molecular weight excluding hydrogens is 310 g/mol. The number of hydrogen-bond donors (Lipinski definition) is 0. The highest BCUT2D eigenvalue weighted by molar-refractivity contribution is 5.91. The predicted octanol–water partition coefficient (Wildman–Crippen LogP) is 2.67. The molecule has 0 bridgehead atoms. The Bertz CT molecular complexity index is 832. The van der Waals surface area contributed by atoms with Gasteiger partial charge in [-0.05, 0) is 38.4 Å². The maximum absolute atomic E-state index is 4.98. The fourth-order valence-corrected chi connectivity index (χ4v) is 3.55. The van der Waals surface area contributed by atoms with Crippen LogP contribution in [0.3, 0.4) is 0 Å². The van der Waals surface area contributed by atoms with Crippen molar-refractivity contribution in [2.75, 3.05) is 51.8 Å². The molecule has 1 aromatic heterocycles. The zero-order valence-electron chi connectivity index (χ0n) is 15.0. The van der Waals surface area contributed by atoms with Crippen LogP contribution in [0.4, 0.5) is 5.82 Å². The van der Waals surface area contributed by atoms with Gasteiger partial charge in [0.25, 0.3) is 0 Å². The molecule has 4 rings (SSSR count). The van der Waals surface area contributed by atoms with Crippen LogP contribution in [-0.4, -0.2) is 66.5 Å². The van der Waals surface area contributed by atoms with Gasteiger partial charge >= 0.3 is 0 Å². The van der Waals surface area contributed by atoms with E-state index in [1.54, 1.807) is 0 Å². The largest absolute Gasteiger partial charge is 0.352 e. The number of nitrogens with zero attached hydrogens (tertiary/aromatic N) is 5. The average molecular weight is 335 g/mol. The maximum atomic E-state index is 4.98. The predicted molar refractivity (Wildman–Crippen MR) is 103 cm³/mol. The van der Waals surface area contributed by atoms with Crippen molar-refractivity contribution in [1.82, 2.24) is 19.6 Å². The van der Waals surface area contributed by atoms with Crippen LogP contribution in [0, 0.1) is 0 Å². The quantitative estimate of drug-likeness (QED) is 0.733. The van der Waals surface area contributed by atoms with Crippen LogP contribution >= 0.6 is 0 Å². The summed E-state index contributed by atoms with van der Waals surface area (Å²) in [5, 5.41) is 6.21. The number of fused-ring (bicyclic) bond motifs is 1. The summed E-state index contributed by atoms with van der Waals surface area (Å²) >= 11 is 0. The summed E-state index contributed by atoms with van der Waals surface area (Å²) in [6, 6.07) is 18.9. The van der Waals surface area contributed by atoms with Crippen molar-refractivity contribution >= 4 is 16.7 Å². The minimum Gasteiger partial charge on any atom is -0.352 e. The summed E-state index contributed by atoms with van der Waals surface area (Å²) < 4.78 is 2.07. The number of aromatic nitrogens is 2. The third kappa shape index (κ3) is 3.25. The van der Waals surface area contributed by atoms with Crippen LogP contribution in [0.1, 0.15) is 0 Å². The van der Waals surface area contributed by atoms with Gasteiger partial charge in [0.1, 0.15) is 0 Å². The molecule has 0 saturated carbocycles. The van der Waals surface area contributed by atoms with Gasteiger partial charge in [0.2, 0.25) is 0 Å². The van der Waals surface area contributed by atoms with Crippen molar-refractivity contribution in [2.45, 2.75) is 0 Å². The smallest absolute Gasteiger partial charge is 0.159 e. The molecular formula is C20H25N5. The van der Waals surface area contributed by atoms with Gasteiger partial charge in [0.05, 0.1) is 17.9 Å². The number of anilines is 1. The Kier molecular flexibility index (Phi) is 4.42. The maximum Gasteiger partial charge on any atom is 0.159 e. The fourth-order valence-electron chi connectivity index (χ4n) is 3.55. The second-order valence-electron chi connectivity index (χ2n) is 6.91. The lowest BCUT2D eigenvalue weighted by Crippen LogP contribution is -2.49. The van der Waals surface area contributed by atoms with Crippen molar-refractivity contribution in [3.05, 3.63) is 54.6 Å². The molecule has 5 heteroatoms. The van der Waals surface area contributed by atoms with Gasteiger partial charge in [0.15, 0.2) is 5.82 Å². The van der Waals surface area contributed by atoms with E-state index in [9.17, 15) is 0 Å². The van der Waals surface area contributed by atoms with Crippen LogP contribution in [-0.2, 0) is 0 Å². The molecule has 1 aliphatic rings. The zero-order chi connectivity index (χ0) is 17.2. The number of para-hydroxylation sites is 2.